The maximum Gasteiger partial charge on any atom is 0.126 e. The van der Waals surface area contributed by atoms with Gasteiger partial charge in [-0.2, -0.15) is 0 Å². The van der Waals surface area contributed by atoms with Crippen molar-refractivity contribution in [3.63, 3.8) is 0 Å². The molecule has 0 bridgehead atoms. The van der Waals surface area contributed by atoms with Gasteiger partial charge in [0.2, 0.25) is 0 Å². The van der Waals surface area contributed by atoms with Crippen molar-refractivity contribution in [3.8, 4) is 0 Å². The lowest BCUT2D eigenvalue weighted by Crippen LogP contribution is -2.22. The van der Waals surface area contributed by atoms with Gasteiger partial charge in [0.05, 0.1) is 5.60 Å². The van der Waals surface area contributed by atoms with E-state index in [9.17, 15) is 9.50 Å². The Hall–Kier alpha value is -0.600. The van der Waals surface area contributed by atoms with Crippen molar-refractivity contribution >= 4 is 11.6 Å². The van der Waals surface area contributed by atoms with Gasteiger partial charge in [-0.15, -0.1) is 0 Å². The summed E-state index contributed by atoms with van der Waals surface area (Å²) in [5.41, 5.74) is -0.467. The molecule has 1 nitrogen and oxygen atoms in total. The molecule has 0 saturated heterocycles. The molecule has 0 aliphatic heterocycles. The van der Waals surface area contributed by atoms with Gasteiger partial charge in [-0.25, -0.2) is 4.39 Å². The predicted molar refractivity (Wildman–Crippen MR) is 51.4 cm³/mol. The maximum absolute atomic E-state index is 13.1. The van der Waals surface area contributed by atoms with Crippen LogP contribution in [-0.4, -0.2) is 10.7 Å². The topological polar surface area (TPSA) is 20.2 Å². The second-order valence-electron chi connectivity index (χ2n) is 3.72. The summed E-state index contributed by atoms with van der Waals surface area (Å²) in [6, 6.07) is 4.34. The van der Waals surface area contributed by atoms with Crippen LogP contribution in [0.15, 0.2) is 18.2 Å². The summed E-state index contributed by atoms with van der Waals surface area (Å²) in [4.78, 5) is 0. The Bertz CT molecular complexity index is 304. The average molecular weight is 203 g/mol. The fraction of sp³-hybridized carbons (Fsp3) is 0.400. The van der Waals surface area contributed by atoms with Gasteiger partial charge in [-0.3, -0.25) is 0 Å². The minimum absolute atomic E-state index is 0.263. The van der Waals surface area contributed by atoms with Gasteiger partial charge >= 0.3 is 0 Å². The van der Waals surface area contributed by atoms with E-state index in [0.717, 1.165) is 0 Å². The minimum atomic E-state index is -0.911. The van der Waals surface area contributed by atoms with Gasteiger partial charge in [0.1, 0.15) is 5.82 Å². The fourth-order valence-corrected chi connectivity index (χ4v) is 1.34. The standard InChI is InChI=1S/C10H12ClFO/c1-10(2,13)6-7-5-8(11)3-4-9(7)12/h3-5,13H,6H2,1-2H3. The summed E-state index contributed by atoms with van der Waals surface area (Å²) in [6.45, 7) is 3.26. The minimum Gasteiger partial charge on any atom is -0.390 e. The van der Waals surface area contributed by atoms with E-state index in [1.165, 1.54) is 18.2 Å². The molecular formula is C10H12ClFO. The Labute approximate surface area is 82.2 Å². The monoisotopic (exact) mass is 202 g/mol. The first kappa shape index (κ1) is 10.5. The number of hydrogen-bond acceptors (Lipinski definition) is 1. The van der Waals surface area contributed by atoms with Gasteiger partial charge in [-0.05, 0) is 37.6 Å². The van der Waals surface area contributed by atoms with Crippen LogP contribution in [-0.2, 0) is 6.42 Å². The molecule has 13 heavy (non-hydrogen) atoms. The molecule has 1 aromatic rings. The van der Waals surface area contributed by atoms with Gasteiger partial charge in [-0.1, -0.05) is 11.6 Å². The molecule has 1 N–H and O–H groups in total. The van der Waals surface area contributed by atoms with Gasteiger partial charge in [0.25, 0.3) is 0 Å². The van der Waals surface area contributed by atoms with E-state index in [1.807, 2.05) is 0 Å². The largest absolute Gasteiger partial charge is 0.390 e. The van der Waals surface area contributed by atoms with Crippen LogP contribution in [0, 0.1) is 5.82 Å². The normalized spacial score (nSPS) is 11.8. The third kappa shape index (κ3) is 3.33. The molecule has 0 radical (unpaired) electrons. The van der Waals surface area contributed by atoms with Crippen LogP contribution >= 0.6 is 11.6 Å². The highest BCUT2D eigenvalue weighted by Crippen LogP contribution is 2.19. The second-order valence-corrected chi connectivity index (χ2v) is 4.16. The maximum atomic E-state index is 13.1. The van der Waals surface area contributed by atoms with Crippen molar-refractivity contribution in [2.45, 2.75) is 25.9 Å². The van der Waals surface area contributed by atoms with E-state index < -0.39 is 5.60 Å². The Kier molecular flexibility index (Phi) is 2.94. The van der Waals surface area contributed by atoms with Crippen LogP contribution in [0.4, 0.5) is 4.39 Å². The molecule has 0 aliphatic rings. The molecule has 0 amide bonds. The summed E-state index contributed by atoms with van der Waals surface area (Å²) in [5, 5.41) is 9.96. The Morgan fingerprint density at radius 2 is 2.08 bits per heavy atom. The lowest BCUT2D eigenvalue weighted by molar-refractivity contribution is 0.0800. The van der Waals surface area contributed by atoms with Crippen LogP contribution in [0.1, 0.15) is 19.4 Å². The van der Waals surface area contributed by atoms with E-state index in [2.05, 4.69) is 0 Å². The quantitative estimate of drug-likeness (QED) is 0.782. The molecule has 0 atom stereocenters. The molecular weight excluding hydrogens is 191 g/mol. The number of halogens is 2. The van der Waals surface area contributed by atoms with Crippen molar-refractivity contribution in [1.82, 2.24) is 0 Å². The van der Waals surface area contributed by atoms with Crippen molar-refractivity contribution in [2.75, 3.05) is 0 Å². The summed E-state index contributed by atoms with van der Waals surface area (Å²) in [7, 11) is 0. The lowest BCUT2D eigenvalue weighted by Gasteiger charge is -2.17. The van der Waals surface area contributed by atoms with Crippen LogP contribution in [0.5, 0.6) is 0 Å². The highest BCUT2D eigenvalue weighted by Gasteiger charge is 2.16. The smallest absolute Gasteiger partial charge is 0.126 e. The van der Waals surface area contributed by atoms with Crippen LogP contribution in [0.3, 0.4) is 0 Å². The number of hydrogen-bond donors (Lipinski definition) is 1. The Morgan fingerprint density at radius 1 is 1.46 bits per heavy atom. The second kappa shape index (κ2) is 3.64. The van der Waals surface area contributed by atoms with Crippen molar-refractivity contribution < 1.29 is 9.50 Å². The first-order valence-corrected chi connectivity index (χ1v) is 4.42. The van der Waals surface area contributed by atoms with Gasteiger partial charge in [0.15, 0.2) is 0 Å². The third-order valence-electron chi connectivity index (χ3n) is 1.63. The average Bonchev–Trinajstić information content (AvgIpc) is 1.94. The molecule has 72 valence electrons. The zero-order valence-electron chi connectivity index (χ0n) is 7.64. The van der Waals surface area contributed by atoms with Crippen LogP contribution in [0.2, 0.25) is 5.02 Å². The van der Waals surface area contributed by atoms with E-state index >= 15 is 0 Å². The number of aliphatic hydroxyl groups is 1. The van der Waals surface area contributed by atoms with Gasteiger partial charge in [0, 0.05) is 11.4 Å². The SMILES string of the molecule is CC(C)(O)Cc1cc(Cl)ccc1F. The third-order valence-corrected chi connectivity index (χ3v) is 1.87. The molecule has 0 heterocycles. The van der Waals surface area contributed by atoms with Gasteiger partial charge < -0.3 is 5.11 Å². The molecule has 0 spiro atoms. The van der Waals surface area contributed by atoms with Crippen LogP contribution in [0.25, 0.3) is 0 Å². The zero-order chi connectivity index (χ0) is 10.1. The highest BCUT2D eigenvalue weighted by molar-refractivity contribution is 6.30. The Morgan fingerprint density at radius 3 is 2.62 bits per heavy atom. The molecule has 0 unspecified atom stereocenters. The molecule has 1 rings (SSSR count). The Balaban J connectivity index is 2.94. The summed E-state index contributed by atoms with van der Waals surface area (Å²) in [6.07, 6.45) is 0.263. The molecule has 0 aromatic heterocycles. The number of rotatable bonds is 2. The lowest BCUT2D eigenvalue weighted by atomic mass is 9.98. The van der Waals surface area contributed by atoms with Crippen molar-refractivity contribution in [2.24, 2.45) is 0 Å². The van der Waals surface area contributed by atoms with E-state index in [1.54, 1.807) is 13.8 Å². The number of benzene rings is 1. The van der Waals surface area contributed by atoms with E-state index in [0.29, 0.717) is 10.6 Å². The fourth-order valence-electron chi connectivity index (χ4n) is 1.14. The molecule has 3 heteroatoms. The molecule has 0 fully saturated rings. The summed E-state index contributed by atoms with van der Waals surface area (Å²) >= 11 is 5.70. The summed E-state index contributed by atoms with van der Waals surface area (Å²) in [5.74, 6) is -0.327. The van der Waals surface area contributed by atoms with Crippen LogP contribution < -0.4 is 0 Å². The van der Waals surface area contributed by atoms with Crippen molar-refractivity contribution in [3.05, 3.63) is 34.6 Å². The first-order valence-electron chi connectivity index (χ1n) is 4.05. The molecule has 0 aliphatic carbocycles. The summed E-state index contributed by atoms with van der Waals surface area (Å²) < 4.78 is 13.1. The predicted octanol–water partition coefficient (Wildman–Crippen LogP) is 2.79. The van der Waals surface area contributed by atoms with E-state index in [4.69, 9.17) is 11.6 Å². The molecule has 1 aromatic carbocycles. The van der Waals surface area contributed by atoms with E-state index in [-0.39, 0.29) is 12.2 Å². The first-order chi connectivity index (χ1) is 5.88. The zero-order valence-corrected chi connectivity index (χ0v) is 8.40. The molecule has 0 saturated carbocycles. The van der Waals surface area contributed by atoms with Crippen molar-refractivity contribution in [1.29, 1.82) is 0 Å². The highest BCUT2D eigenvalue weighted by atomic mass is 35.5.